The molecule has 5 heteroatoms. The normalized spacial score (nSPS) is 29.9. The van der Waals surface area contributed by atoms with Crippen LogP contribution in [0.25, 0.3) is 0 Å². The number of benzene rings is 1. The van der Waals surface area contributed by atoms with Crippen molar-refractivity contribution in [2.45, 2.75) is 18.8 Å². The molecule has 19 heavy (non-hydrogen) atoms. The Balaban J connectivity index is 0.00000133. The molecule has 0 bridgehead atoms. The Bertz CT molecular complexity index is 474. The quantitative estimate of drug-likeness (QED) is 0.826. The molecule has 1 spiro atoms. The summed E-state index contributed by atoms with van der Waals surface area (Å²) >= 11 is 0. The van der Waals surface area contributed by atoms with E-state index in [0.717, 1.165) is 19.4 Å². The Kier molecular flexibility index (Phi) is 4.11. The second-order valence-electron chi connectivity index (χ2n) is 5.22. The summed E-state index contributed by atoms with van der Waals surface area (Å²) < 4.78 is 13.9. The summed E-state index contributed by atoms with van der Waals surface area (Å²) in [6.45, 7) is 2.14. The molecule has 3 rings (SSSR count). The van der Waals surface area contributed by atoms with Crippen molar-refractivity contribution in [3.8, 4) is 0 Å². The van der Waals surface area contributed by atoms with Gasteiger partial charge in [0.25, 0.3) is 0 Å². The van der Waals surface area contributed by atoms with Gasteiger partial charge in [-0.3, -0.25) is 4.79 Å². The number of amides is 1. The van der Waals surface area contributed by atoms with Crippen molar-refractivity contribution in [1.29, 1.82) is 0 Å². The van der Waals surface area contributed by atoms with Crippen LogP contribution in [0.1, 0.15) is 24.3 Å². The van der Waals surface area contributed by atoms with Crippen LogP contribution in [0.3, 0.4) is 0 Å². The van der Waals surface area contributed by atoms with Gasteiger partial charge in [-0.25, -0.2) is 4.39 Å². The highest BCUT2D eigenvalue weighted by molar-refractivity contribution is 5.87. The lowest BCUT2D eigenvalue weighted by Gasteiger charge is -2.36. The number of hydrogen-bond donors (Lipinski definition) is 2. The van der Waals surface area contributed by atoms with Crippen LogP contribution in [0.5, 0.6) is 0 Å². The Labute approximate surface area is 118 Å². The SMILES string of the molecule is Cl.O=C1NCC(c2ccccc2F)C12CCCNC2. The van der Waals surface area contributed by atoms with E-state index in [2.05, 4.69) is 10.6 Å². The van der Waals surface area contributed by atoms with E-state index < -0.39 is 5.41 Å². The molecular weight excluding hydrogens is 267 g/mol. The first-order valence-corrected chi connectivity index (χ1v) is 6.47. The Morgan fingerprint density at radius 2 is 2.11 bits per heavy atom. The number of piperidine rings is 1. The number of halogens is 2. The third-order valence-electron chi connectivity index (χ3n) is 4.28. The fourth-order valence-electron chi connectivity index (χ4n) is 3.31. The van der Waals surface area contributed by atoms with E-state index in [1.165, 1.54) is 6.07 Å². The third kappa shape index (κ3) is 2.23. The molecule has 2 fully saturated rings. The number of carbonyl (C=O) groups excluding carboxylic acids is 1. The van der Waals surface area contributed by atoms with Crippen LogP contribution in [0.4, 0.5) is 4.39 Å². The van der Waals surface area contributed by atoms with E-state index in [1.54, 1.807) is 12.1 Å². The molecule has 1 aromatic carbocycles. The van der Waals surface area contributed by atoms with Gasteiger partial charge in [-0.15, -0.1) is 12.4 Å². The highest BCUT2D eigenvalue weighted by atomic mass is 35.5. The van der Waals surface area contributed by atoms with E-state index in [4.69, 9.17) is 0 Å². The van der Waals surface area contributed by atoms with E-state index >= 15 is 0 Å². The van der Waals surface area contributed by atoms with Crippen molar-refractivity contribution in [3.05, 3.63) is 35.6 Å². The van der Waals surface area contributed by atoms with Crippen LogP contribution < -0.4 is 10.6 Å². The standard InChI is InChI=1S/C14H17FN2O.ClH/c15-12-5-2-1-4-10(12)11-8-17-13(18)14(11)6-3-7-16-9-14;/h1-2,4-5,11,16H,3,6-9H2,(H,17,18);1H. The van der Waals surface area contributed by atoms with Gasteiger partial charge in [0, 0.05) is 19.0 Å². The maximum absolute atomic E-state index is 13.9. The molecule has 2 saturated heterocycles. The molecule has 2 N–H and O–H groups in total. The van der Waals surface area contributed by atoms with Gasteiger partial charge in [-0.2, -0.15) is 0 Å². The van der Waals surface area contributed by atoms with Crippen LogP contribution >= 0.6 is 12.4 Å². The summed E-state index contributed by atoms with van der Waals surface area (Å²) in [5, 5.41) is 6.19. The van der Waals surface area contributed by atoms with Gasteiger partial charge in [0.2, 0.25) is 5.91 Å². The lowest BCUT2D eigenvalue weighted by molar-refractivity contribution is -0.129. The van der Waals surface area contributed by atoms with Gasteiger partial charge in [0.1, 0.15) is 5.82 Å². The first-order chi connectivity index (χ1) is 8.74. The van der Waals surface area contributed by atoms with Gasteiger partial charge in [0.15, 0.2) is 0 Å². The average molecular weight is 285 g/mol. The number of rotatable bonds is 1. The minimum absolute atomic E-state index is 0. The van der Waals surface area contributed by atoms with E-state index in [9.17, 15) is 9.18 Å². The number of hydrogen-bond acceptors (Lipinski definition) is 2. The Morgan fingerprint density at radius 3 is 2.79 bits per heavy atom. The zero-order valence-electron chi connectivity index (χ0n) is 10.6. The largest absolute Gasteiger partial charge is 0.355 e. The maximum Gasteiger partial charge on any atom is 0.228 e. The van der Waals surface area contributed by atoms with Gasteiger partial charge in [-0.05, 0) is 31.0 Å². The second-order valence-corrected chi connectivity index (χ2v) is 5.22. The Hall–Kier alpha value is -1.13. The van der Waals surface area contributed by atoms with Crippen molar-refractivity contribution >= 4 is 18.3 Å². The predicted octanol–water partition coefficient (Wildman–Crippen LogP) is 1.83. The molecule has 1 aromatic rings. The molecular formula is C14H18ClFN2O. The zero-order chi connectivity index (χ0) is 12.6. The average Bonchev–Trinajstić information content (AvgIpc) is 2.69. The highest BCUT2D eigenvalue weighted by Crippen LogP contribution is 2.45. The minimum atomic E-state index is -0.458. The minimum Gasteiger partial charge on any atom is -0.355 e. The lowest BCUT2D eigenvalue weighted by Crippen LogP contribution is -2.47. The molecule has 0 aliphatic carbocycles. The van der Waals surface area contributed by atoms with Gasteiger partial charge in [0.05, 0.1) is 5.41 Å². The molecule has 1 amide bonds. The van der Waals surface area contributed by atoms with Crippen molar-refractivity contribution in [1.82, 2.24) is 10.6 Å². The molecule has 104 valence electrons. The summed E-state index contributed by atoms with van der Waals surface area (Å²) in [7, 11) is 0. The van der Waals surface area contributed by atoms with Gasteiger partial charge >= 0.3 is 0 Å². The monoisotopic (exact) mass is 284 g/mol. The van der Waals surface area contributed by atoms with Gasteiger partial charge in [-0.1, -0.05) is 18.2 Å². The first-order valence-electron chi connectivity index (χ1n) is 6.47. The fraction of sp³-hybridized carbons (Fsp3) is 0.500. The first kappa shape index (κ1) is 14.3. The van der Waals surface area contributed by atoms with Crippen molar-refractivity contribution < 1.29 is 9.18 Å². The predicted molar refractivity (Wildman–Crippen MR) is 73.9 cm³/mol. The molecule has 2 heterocycles. The van der Waals surface area contributed by atoms with Crippen LogP contribution in [0.15, 0.2) is 24.3 Å². The smallest absolute Gasteiger partial charge is 0.228 e. The summed E-state index contributed by atoms with van der Waals surface area (Å²) in [4.78, 5) is 12.2. The van der Waals surface area contributed by atoms with Crippen molar-refractivity contribution in [2.75, 3.05) is 19.6 Å². The Morgan fingerprint density at radius 1 is 1.32 bits per heavy atom. The molecule has 0 aromatic heterocycles. The van der Waals surface area contributed by atoms with E-state index in [0.29, 0.717) is 18.7 Å². The van der Waals surface area contributed by atoms with Crippen LogP contribution in [-0.4, -0.2) is 25.5 Å². The maximum atomic E-state index is 13.9. The van der Waals surface area contributed by atoms with E-state index in [1.807, 2.05) is 6.07 Å². The zero-order valence-corrected chi connectivity index (χ0v) is 11.4. The fourth-order valence-corrected chi connectivity index (χ4v) is 3.31. The molecule has 3 nitrogen and oxygen atoms in total. The highest BCUT2D eigenvalue weighted by Gasteiger charge is 2.51. The lowest BCUT2D eigenvalue weighted by atomic mass is 9.69. The molecule has 0 saturated carbocycles. The summed E-state index contributed by atoms with van der Waals surface area (Å²) in [6.07, 6.45) is 1.81. The molecule has 2 aliphatic rings. The van der Waals surface area contributed by atoms with Crippen molar-refractivity contribution in [3.63, 3.8) is 0 Å². The summed E-state index contributed by atoms with van der Waals surface area (Å²) in [5.41, 5.74) is 0.208. The topological polar surface area (TPSA) is 41.1 Å². The van der Waals surface area contributed by atoms with Crippen LogP contribution in [0.2, 0.25) is 0 Å². The van der Waals surface area contributed by atoms with Gasteiger partial charge < -0.3 is 10.6 Å². The molecule has 2 unspecified atom stereocenters. The third-order valence-corrected chi connectivity index (χ3v) is 4.28. The molecule has 0 radical (unpaired) electrons. The second kappa shape index (κ2) is 5.47. The number of nitrogens with one attached hydrogen (secondary N) is 2. The van der Waals surface area contributed by atoms with E-state index in [-0.39, 0.29) is 30.0 Å². The molecule has 2 atom stereocenters. The van der Waals surface area contributed by atoms with Crippen molar-refractivity contribution in [2.24, 2.45) is 5.41 Å². The van der Waals surface area contributed by atoms with Crippen LogP contribution in [-0.2, 0) is 4.79 Å². The molecule has 2 aliphatic heterocycles. The number of carbonyl (C=O) groups is 1. The van der Waals surface area contributed by atoms with Crippen LogP contribution in [0, 0.1) is 11.2 Å². The summed E-state index contributed by atoms with van der Waals surface area (Å²) in [6, 6.07) is 6.80. The summed E-state index contributed by atoms with van der Waals surface area (Å²) in [5.74, 6) is -0.189.